The molecular formula is C12H14BrN3. The lowest BCUT2D eigenvalue weighted by Crippen LogP contribution is -2.08. The molecular weight excluding hydrogens is 266 g/mol. The van der Waals surface area contributed by atoms with Crippen LogP contribution in [0.1, 0.15) is 25.7 Å². The number of rotatable bonds is 2. The molecule has 3 rings (SSSR count). The summed E-state index contributed by atoms with van der Waals surface area (Å²) in [6, 6.07) is 6.17. The molecule has 4 heteroatoms. The molecule has 0 amide bonds. The average molecular weight is 280 g/mol. The maximum absolute atomic E-state index is 4.25. The fourth-order valence-electron chi connectivity index (χ4n) is 2.52. The third-order valence-electron chi connectivity index (χ3n) is 3.38. The Bertz CT molecular complexity index is 500. The van der Waals surface area contributed by atoms with Gasteiger partial charge in [0.25, 0.3) is 0 Å². The number of halogens is 1. The van der Waals surface area contributed by atoms with E-state index in [2.05, 4.69) is 43.1 Å². The standard InChI is InChI=1S/C12H14BrN3/c13-10-5-6-12-11(7-10)14-15-16(12)8-9-3-1-2-4-9/h5-7,9H,1-4,8H2. The van der Waals surface area contributed by atoms with Gasteiger partial charge in [-0.1, -0.05) is 34.0 Å². The highest BCUT2D eigenvalue weighted by Crippen LogP contribution is 2.27. The highest BCUT2D eigenvalue weighted by Gasteiger charge is 2.17. The molecule has 1 aromatic carbocycles. The van der Waals surface area contributed by atoms with Gasteiger partial charge < -0.3 is 0 Å². The first-order chi connectivity index (χ1) is 7.83. The topological polar surface area (TPSA) is 30.7 Å². The average Bonchev–Trinajstić information content (AvgIpc) is 2.89. The molecule has 1 aliphatic carbocycles. The van der Waals surface area contributed by atoms with Crippen LogP contribution in [-0.4, -0.2) is 15.0 Å². The second kappa shape index (κ2) is 4.17. The number of nitrogens with zero attached hydrogens (tertiary/aromatic N) is 3. The molecule has 3 nitrogen and oxygen atoms in total. The van der Waals surface area contributed by atoms with Crippen molar-refractivity contribution in [3.05, 3.63) is 22.7 Å². The zero-order valence-electron chi connectivity index (χ0n) is 9.06. The van der Waals surface area contributed by atoms with Gasteiger partial charge in [0.15, 0.2) is 0 Å². The third-order valence-corrected chi connectivity index (χ3v) is 3.88. The molecule has 1 aliphatic rings. The lowest BCUT2D eigenvalue weighted by atomic mass is 10.1. The summed E-state index contributed by atoms with van der Waals surface area (Å²) >= 11 is 3.45. The first kappa shape index (κ1) is 10.3. The minimum Gasteiger partial charge on any atom is -0.244 e. The van der Waals surface area contributed by atoms with Crippen LogP contribution in [0.4, 0.5) is 0 Å². The number of aromatic nitrogens is 3. The zero-order chi connectivity index (χ0) is 11.0. The lowest BCUT2D eigenvalue weighted by Gasteiger charge is -2.08. The second-order valence-corrected chi connectivity index (χ2v) is 5.47. The Morgan fingerprint density at radius 2 is 2.12 bits per heavy atom. The second-order valence-electron chi connectivity index (χ2n) is 4.56. The van der Waals surface area contributed by atoms with E-state index in [1.807, 2.05) is 6.07 Å². The minimum atomic E-state index is 0.800. The molecule has 0 atom stereocenters. The molecule has 16 heavy (non-hydrogen) atoms. The van der Waals surface area contributed by atoms with E-state index < -0.39 is 0 Å². The normalized spacial score (nSPS) is 17.3. The Balaban J connectivity index is 1.91. The van der Waals surface area contributed by atoms with Crippen LogP contribution in [0.25, 0.3) is 11.0 Å². The first-order valence-corrected chi connectivity index (χ1v) is 6.61. The molecule has 0 aliphatic heterocycles. The maximum atomic E-state index is 4.25. The van der Waals surface area contributed by atoms with E-state index in [1.54, 1.807) is 0 Å². The number of fused-ring (bicyclic) bond motifs is 1. The monoisotopic (exact) mass is 279 g/mol. The largest absolute Gasteiger partial charge is 0.244 e. The molecule has 0 bridgehead atoms. The summed E-state index contributed by atoms with van der Waals surface area (Å²) in [7, 11) is 0. The van der Waals surface area contributed by atoms with Gasteiger partial charge in [0.05, 0.1) is 5.52 Å². The van der Waals surface area contributed by atoms with Crippen LogP contribution >= 0.6 is 15.9 Å². The fourth-order valence-corrected chi connectivity index (χ4v) is 2.87. The summed E-state index contributed by atoms with van der Waals surface area (Å²) < 4.78 is 3.12. The van der Waals surface area contributed by atoms with E-state index >= 15 is 0 Å². The quantitative estimate of drug-likeness (QED) is 0.844. The van der Waals surface area contributed by atoms with Gasteiger partial charge in [0, 0.05) is 11.0 Å². The minimum absolute atomic E-state index is 0.800. The number of hydrogen-bond acceptors (Lipinski definition) is 2. The molecule has 0 spiro atoms. The van der Waals surface area contributed by atoms with E-state index in [1.165, 1.54) is 25.7 Å². The number of hydrogen-bond donors (Lipinski definition) is 0. The van der Waals surface area contributed by atoms with Crippen LogP contribution in [0.2, 0.25) is 0 Å². The molecule has 84 valence electrons. The Hall–Kier alpha value is -0.900. The van der Waals surface area contributed by atoms with Crippen molar-refractivity contribution in [2.24, 2.45) is 5.92 Å². The maximum Gasteiger partial charge on any atom is 0.114 e. The van der Waals surface area contributed by atoms with Crippen molar-refractivity contribution in [2.75, 3.05) is 0 Å². The van der Waals surface area contributed by atoms with E-state index in [9.17, 15) is 0 Å². The van der Waals surface area contributed by atoms with Crippen molar-refractivity contribution in [1.29, 1.82) is 0 Å². The highest BCUT2D eigenvalue weighted by atomic mass is 79.9. The summed E-state index contributed by atoms with van der Waals surface area (Å²) in [4.78, 5) is 0. The predicted molar refractivity (Wildman–Crippen MR) is 67.2 cm³/mol. The summed E-state index contributed by atoms with van der Waals surface area (Å²) in [6.07, 6.45) is 5.45. The zero-order valence-corrected chi connectivity index (χ0v) is 10.7. The molecule has 0 N–H and O–H groups in total. The fraction of sp³-hybridized carbons (Fsp3) is 0.500. The highest BCUT2D eigenvalue weighted by molar-refractivity contribution is 9.10. The van der Waals surface area contributed by atoms with Gasteiger partial charge in [0.2, 0.25) is 0 Å². The van der Waals surface area contributed by atoms with Crippen LogP contribution in [-0.2, 0) is 6.54 Å². The Labute approximate surface area is 103 Å². The van der Waals surface area contributed by atoms with Gasteiger partial charge in [-0.25, -0.2) is 4.68 Å². The summed E-state index contributed by atoms with van der Waals surface area (Å²) in [5, 5.41) is 8.45. The third kappa shape index (κ3) is 1.86. The van der Waals surface area contributed by atoms with Crippen LogP contribution in [0.5, 0.6) is 0 Å². The van der Waals surface area contributed by atoms with Crippen LogP contribution in [0, 0.1) is 5.92 Å². The van der Waals surface area contributed by atoms with Gasteiger partial charge in [0.1, 0.15) is 5.52 Å². The van der Waals surface area contributed by atoms with Gasteiger partial charge in [-0.15, -0.1) is 5.10 Å². The van der Waals surface area contributed by atoms with Crippen molar-refractivity contribution >= 4 is 27.0 Å². The Morgan fingerprint density at radius 3 is 2.94 bits per heavy atom. The van der Waals surface area contributed by atoms with Crippen molar-refractivity contribution in [2.45, 2.75) is 32.2 Å². The van der Waals surface area contributed by atoms with Crippen molar-refractivity contribution < 1.29 is 0 Å². The molecule has 0 unspecified atom stereocenters. The van der Waals surface area contributed by atoms with E-state index in [-0.39, 0.29) is 0 Å². The van der Waals surface area contributed by atoms with Crippen molar-refractivity contribution in [1.82, 2.24) is 15.0 Å². The van der Waals surface area contributed by atoms with E-state index in [0.29, 0.717) is 0 Å². The summed E-state index contributed by atoms with van der Waals surface area (Å²) in [5.74, 6) is 0.800. The number of benzene rings is 1. The van der Waals surface area contributed by atoms with Crippen LogP contribution in [0.3, 0.4) is 0 Å². The first-order valence-electron chi connectivity index (χ1n) is 5.82. The lowest BCUT2D eigenvalue weighted by molar-refractivity contribution is 0.430. The Morgan fingerprint density at radius 1 is 1.31 bits per heavy atom. The van der Waals surface area contributed by atoms with E-state index in [4.69, 9.17) is 0 Å². The molecule has 0 radical (unpaired) electrons. The smallest absolute Gasteiger partial charge is 0.114 e. The van der Waals surface area contributed by atoms with Crippen molar-refractivity contribution in [3.63, 3.8) is 0 Å². The SMILES string of the molecule is Brc1ccc2c(c1)nnn2CC1CCCC1. The summed E-state index contributed by atoms with van der Waals surface area (Å²) in [5.41, 5.74) is 2.13. The van der Waals surface area contributed by atoms with Gasteiger partial charge >= 0.3 is 0 Å². The van der Waals surface area contributed by atoms with E-state index in [0.717, 1.165) is 28.0 Å². The predicted octanol–water partition coefficient (Wildman–Crippen LogP) is 3.38. The molecule has 1 heterocycles. The molecule has 1 saturated carbocycles. The summed E-state index contributed by atoms with van der Waals surface area (Å²) in [6.45, 7) is 1.03. The molecule has 2 aromatic rings. The van der Waals surface area contributed by atoms with Gasteiger partial charge in [-0.3, -0.25) is 0 Å². The molecule has 1 aromatic heterocycles. The molecule has 1 fully saturated rings. The Kier molecular flexibility index (Phi) is 2.67. The van der Waals surface area contributed by atoms with Crippen molar-refractivity contribution in [3.8, 4) is 0 Å². The van der Waals surface area contributed by atoms with Crippen LogP contribution in [0.15, 0.2) is 22.7 Å². The molecule has 0 saturated heterocycles. The van der Waals surface area contributed by atoms with Gasteiger partial charge in [-0.2, -0.15) is 0 Å². The van der Waals surface area contributed by atoms with Crippen LogP contribution < -0.4 is 0 Å². The van der Waals surface area contributed by atoms with Gasteiger partial charge in [-0.05, 0) is 37.0 Å².